The highest BCUT2D eigenvalue weighted by molar-refractivity contribution is 6.11. The number of aliphatic hydroxyl groups is 1. The fourth-order valence-corrected chi connectivity index (χ4v) is 0.204. The second kappa shape index (κ2) is 51.6. The molecule has 0 aliphatic rings. The van der Waals surface area contributed by atoms with Gasteiger partial charge >= 0.3 is 0 Å². The molecule has 1 nitrogen and oxygen atoms in total. The quantitative estimate of drug-likeness (QED) is 0.767. The van der Waals surface area contributed by atoms with Gasteiger partial charge in [0.05, 0.1) is 39.2 Å². The number of aliphatic hydroxyl groups excluding tert-OH is 1. The first-order valence-corrected chi connectivity index (χ1v) is 7.06. The van der Waals surface area contributed by atoms with Gasteiger partial charge in [0, 0.05) is 6.61 Å². The van der Waals surface area contributed by atoms with Crippen molar-refractivity contribution in [2.75, 3.05) is 6.61 Å². The van der Waals surface area contributed by atoms with Crippen LogP contribution in [0.25, 0.3) is 0 Å². The van der Waals surface area contributed by atoms with Gasteiger partial charge in [-0.1, -0.05) is 78.6 Å². The Morgan fingerprint density at radius 1 is 0.947 bits per heavy atom. The molecule has 0 aromatic heterocycles. The minimum absolute atomic E-state index is 0.0972. The van der Waals surface area contributed by atoms with Crippen molar-refractivity contribution in [3.8, 4) is 0 Å². The summed E-state index contributed by atoms with van der Waals surface area (Å²) in [5, 5.41) is 7.75. The van der Waals surface area contributed by atoms with Gasteiger partial charge in [0.15, 0.2) is 0 Å². The van der Waals surface area contributed by atoms with Gasteiger partial charge < -0.3 is 5.11 Å². The Hall–Kier alpha value is 0.285. The Bertz CT molecular complexity index is 81.4. The molecule has 0 rings (SSSR count). The molecule has 10 radical (unpaired) electrons. The lowest BCUT2D eigenvalue weighted by molar-refractivity contribution is 0.319. The Morgan fingerprint density at radius 2 is 1.21 bits per heavy atom. The van der Waals surface area contributed by atoms with Crippen molar-refractivity contribution in [1.82, 2.24) is 0 Å². The Labute approximate surface area is 130 Å². The summed E-state index contributed by atoms with van der Waals surface area (Å²) in [5.74, 6) is 0.384. The fourth-order valence-electron chi connectivity index (χ4n) is 0.204. The molecular formula is C13H31B5O. The van der Waals surface area contributed by atoms with Gasteiger partial charge in [-0.2, -0.15) is 0 Å². The van der Waals surface area contributed by atoms with E-state index in [9.17, 15) is 0 Å². The highest BCUT2D eigenvalue weighted by Gasteiger charge is 1.80. The van der Waals surface area contributed by atoms with Crippen LogP contribution in [0.5, 0.6) is 0 Å². The van der Waals surface area contributed by atoms with Crippen molar-refractivity contribution in [3.05, 3.63) is 0 Å². The summed E-state index contributed by atoms with van der Waals surface area (Å²) in [6.45, 7) is 9.71. The third-order valence-corrected chi connectivity index (χ3v) is 1.33. The van der Waals surface area contributed by atoms with Crippen LogP contribution in [0.15, 0.2) is 0 Å². The molecule has 0 saturated heterocycles. The van der Waals surface area contributed by atoms with Gasteiger partial charge in [-0.25, -0.2) is 0 Å². The summed E-state index contributed by atoms with van der Waals surface area (Å²) in [4.78, 5) is 0. The highest BCUT2D eigenvalue weighted by Crippen LogP contribution is 1.97. The van der Waals surface area contributed by atoms with Crippen molar-refractivity contribution < 1.29 is 5.11 Å². The summed E-state index contributed by atoms with van der Waals surface area (Å²) in [5.41, 5.74) is 0. The Balaban J connectivity index is -0.0000000446. The first-order chi connectivity index (χ1) is 9.01. The molecule has 0 bridgehead atoms. The van der Waals surface area contributed by atoms with E-state index in [0.29, 0.717) is 12.1 Å². The normalized spacial score (nSPS) is 8.74. The van der Waals surface area contributed by atoms with Crippen molar-refractivity contribution in [1.29, 1.82) is 0 Å². The van der Waals surface area contributed by atoms with Crippen molar-refractivity contribution in [2.24, 2.45) is 0 Å². The molecule has 0 amide bonds. The lowest BCUT2D eigenvalue weighted by atomic mass is 9.88. The minimum Gasteiger partial charge on any atom is -0.397 e. The Kier molecular flexibility index (Phi) is 85.9. The molecule has 0 saturated carbocycles. The summed E-state index contributed by atoms with van der Waals surface area (Å²) < 4.78 is 0. The first kappa shape index (κ1) is 31.6. The third-order valence-electron chi connectivity index (χ3n) is 1.33. The molecule has 0 spiro atoms. The molecule has 1 atom stereocenters. The average molecular weight is 257 g/mol. The van der Waals surface area contributed by atoms with Gasteiger partial charge in [-0.15, -0.1) is 0 Å². The zero-order valence-corrected chi connectivity index (χ0v) is 13.9. The summed E-state index contributed by atoms with van der Waals surface area (Å²) >= 11 is 0. The molecule has 0 heterocycles. The van der Waals surface area contributed by atoms with E-state index in [1.165, 1.54) is 19.7 Å². The van der Waals surface area contributed by atoms with E-state index >= 15 is 0 Å². The van der Waals surface area contributed by atoms with E-state index in [1.54, 1.807) is 0 Å². The minimum atomic E-state index is 0.0972. The summed E-state index contributed by atoms with van der Waals surface area (Å²) in [6.07, 6.45) is 5.44. The van der Waals surface area contributed by atoms with E-state index in [0.717, 1.165) is 19.1 Å². The van der Waals surface area contributed by atoms with Gasteiger partial charge in [0.2, 0.25) is 0 Å². The topological polar surface area (TPSA) is 20.2 Å². The van der Waals surface area contributed by atoms with Crippen molar-refractivity contribution in [3.63, 3.8) is 0 Å². The number of unbranched alkanes of at least 4 members (excludes halogenated alkanes) is 1. The van der Waals surface area contributed by atoms with Gasteiger partial charge in [0.1, 0.15) is 0 Å². The van der Waals surface area contributed by atoms with E-state index in [4.69, 9.17) is 36.5 Å². The maximum Gasteiger partial charge on any atom is 0.0695 e. The molecule has 0 aliphatic heterocycles. The fraction of sp³-hybridized carbons (Fsp3) is 1.00. The van der Waals surface area contributed by atoms with E-state index in [1.807, 2.05) is 13.8 Å². The van der Waals surface area contributed by atoms with Crippen LogP contribution in [0.2, 0.25) is 31.6 Å². The lowest BCUT2D eigenvalue weighted by Crippen LogP contribution is -1.76. The zero-order valence-electron chi connectivity index (χ0n) is 13.9. The molecule has 6 heteroatoms. The van der Waals surface area contributed by atoms with E-state index in [-0.39, 0.29) is 6.61 Å². The molecule has 0 aromatic rings. The molecule has 1 N–H and O–H groups in total. The van der Waals surface area contributed by atoms with Crippen LogP contribution in [-0.4, -0.2) is 50.9 Å². The maximum atomic E-state index is 7.75. The number of hydrogen-bond acceptors (Lipinski definition) is 1. The summed E-state index contributed by atoms with van der Waals surface area (Å²) in [6, 6.07) is 0. The smallest absolute Gasteiger partial charge is 0.0695 e. The maximum absolute atomic E-state index is 7.75. The second-order valence-corrected chi connectivity index (χ2v) is 3.45. The van der Waals surface area contributed by atoms with Crippen LogP contribution in [0.3, 0.4) is 0 Å². The van der Waals surface area contributed by atoms with Crippen LogP contribution in [-0.2, 0) is 0 Å². The van der Waals surface area contributed by atoms with E-state index in [2.05, 4.69) is 21.7 Å². The molecule has 1 unspecified atom stereocenters. The molecule has 0 fully saturated rings. The van der Waals surface area contributed by atoms with Gasteiger partial charge in [0.25, 0.3) is 0 Å². The standard InChI is InChI=1S/2C4H9B.C2H5BO.C2H5B.CH3B/c1-3-4(2)5;1-2-3-4-5;3-1-2-4;1-2-3;1-2/h4H,3H2,1-2H3;2-4H2,1H3;4H,1-2H2;2H2,1H3;1H3. The second-order valence-electron chi connectivity index (χ2n) is 3.45. The highest BCUT2D eigenvalue weighted by atomic mass is 16.2. The molecule has 104 valence electrons. The number of hydrogen-bond donors (Lipinski definition) is 1. The predicted molar refractivity (Wildman–Crippen MR) is 96.4 cm³/mol. The summed E-state index contributed by atoms with van der Waals surface area (Å²) in [7, 11) is 24.6. The van der Waals surface area contributed by atoms with Crippen molar-refractivity contribution in [2.45, 2.75) is 78.6 Å². The van der Waals surface area contributed by atoms with Crippen LogP contribution in [0, 0.1) is 0 Å². The first-order valence-electron chi connectivity index (χ1n) is 7.06. The lowest BCUT2D eigenvalue weighted by Gasteiger charge is -1.90. The van der Waals surface area contributed by atoms with Gasteiger partial charge in [-0.05, 0) is 0 Å². The molecule has 0 aromatic carbocycles. The molecule has 19 heavy (non-hydrogen) atoms. The monoisotopic (exact) mass is 258 g/mol. The zero-order chi connectivity index (χ0) is 16.5. The average Bonchev–Trinajstić information content (AvgIpc) is 2.43. The SMILES string of the molecule is [B]C.[B]C(C)CC.[B]CC.[B]CCCC.[B]CCO. The number of rotatable bonds is 4. The molecular weight excluding hydrogens is 226 g/mol. The van der Waals surface area contributed by atoms with Crippen LogP contribution < -0.4 is 0 Å². The van der Waals surface area contributed by atoms with Crippen molar-refractivity contribution >= 4 is 39.2 Å². The van der Waals surface area contributed by atoms with Crippen LogP contribution in [0.4, 0.5) is 0 Å². The third kappa shape index (κ3) is 174. The molecule has 0 aliphatic carbocycles. The predicted octanol–water partition coefficient (Wildman–Crippen LogP) is 3.11. The Morgan fingerprint density at radius 3 is 1.21 bits per heavy atom. The van der Waals surface area contributed by atoms with E-state index < -0.39 is 0 Å². The van der Waals surface area contributed by atoms with Crippen LogP contribution >= 0.6 is 0 Å². The van der Waals surface area contributed by atoms with Crippen LogP contribution in [0.1, 0.15) is 47.0 Å². The van der Waals surface area contributed by atoms with Gasteiger partial charge in [-0.3, -0.25) is 0 Å². The largest absolute Gasteiger partial charge is 0.397 e.